The van der Waals surface area contributed by atoms with Crippen LogP contribution in [0.15, 0.2) is 57.6 Å². The Hall–Kier alpha value is -3.46. The van der Waals surface area contributed by atoms with Crippen molar-refractivity contribution in [2.45, 2.75) is 40.3 Å². The molecular weight excluding hydrogens is 450 g/mol. The number of aromatic nitrogens is 3. The Morgan fingerprint density at radius 3 is 2.50 bits per heavy atom. The number of nitrogens with zero attached hydrogens (tertiary/aromatic N) is 5. The molecule has 0 spiro atoms. The molecule has 4 rings (SSSR count). The van der Waals surface area contributed by atoms with E-state index in [1.165, 1.54) is 18.4 Å². The van der Waals surface area contributed by atoms with Gasteiger partial charge in [0.25, 0.3) is 5.56 Å². The van der Waals surface area contributed by atoms with E-state index in [1.54, 1.807) is 17.7 Å². The minimum Gasteiger partial charge on any atom is -0.466 e. The van der Waals surface area contributed by atoms with Crippen LogP contribution in [0.2, 0.25) is 0 Å². The summed E-state index contributed by atoms with van der Waals surface area (Å²) < 4.78 is 9.06. The van der Waals surface area contributed by atoms with Crippen LogP contribution in [0.1, 0.15) is 45.0 Å². The summed E-state index contributed by atoms with van der Waals surface area (Å²) in [6, 6.07) is 9.26. The lowest BCUT2D eigenvalue weighted by Gasteiger charge is -2.26. The molecule has 0 unspecified atom stereocenters. The first kappa shape index (κ1) is 23.7. The van der Waals surface area contributed by atoms with Gasteiger partial charge in [-0.3, -0.25) is 14.0 Å². The number of carbonyl (C=O) groups excluding carboxylic acids is 1. The van der Waals surface area contributed by atoms with Crippen LogP contribution in [0.5, 0.6) is 0 Å². The Balaban J connectivity index is 1.91. The molecule has 0 saturated carbocycles. The van der Waals surface area contributed by atoms with Crippen LogP contribution < -0.4 is 19.8 Å². The van der Waals surface area contributed by atoms with Crippen molar-refractivity contribution < 1.29 is 9.53 Å². The van der Waals surface area contributed by atoms with Gasteiger partial charge in [-0.25, -0.2) is 9.79 Å². The first-order valence-corrected chi connectivity index (χ1v) is 12.2. The van der Waals surface area contributed by atoms with Gasteiger partial charge >= 0.3 is 5.97 Å². The molecule has 3 heterocycles. The van der Waals surface area contributed by atoms with Crippen LogP contribution in [-0.4, -0.2) is 40.5 Å². The number of benzene rings is 1. The summed E-state index contributed by atoms with van der Waals surface area (Å²) in [6.45, 7) is 10.5. The lowest BCUT2D eigenvalue weighted by molar-refractivity contribution is -0.136. The zero-order chi connectivity index (χ0) is 24.4. The number of carbonyl (C=O) groups is 1. The van der Waals surface area contributed by atoms with E-state index in [0.717, 1.165) is 30.0 Å². The highest BCUT2D eigenvalue weighted by atomic mass is 32.1. The van der Waals surface area contributed by atoms with E-state index in [2.05, 4.69) is 28.8 Å². The van der Waals surface area contributed by atoms with E-state index in [9.17, 15) is 9.59 Å². The molecule has 0 aliphatic carbocycles. The van der Waals surface area contributed by atoms with Gasteiger partial charge in [0, 0.05) is 31.5 Å². The normalized spacial score (nSPS) is 15.8. The molecule has 178 valence electrons. The number of esters is 1. The molecule has 8 nitrogen and oxygen atoms in total. The second-order valence-electron chi connectivity index (χ2n) is 7.91. The molecule has 9 heteroatoms. The number of rotatable bonds is 7. The lowest BCUT2D eigenvalue weighted by atomic mass is 9.95. The molecule has 0 amide bonds. The van der Waals surface area contributed by atoms with Crippen molar-refractivity contribution in [1.29, 1.82) is 0 Å². The van der Waals surface area contributed by atoms with E-state index in [4.69, 9.17) is 4.74 Å². The zero-order valence-electron chi connectivity index (χ0n) is 20.1. The monoisotopic (exact) mass is 479 g/mol. The fourth-order valence-corrected chi connectivity index (χ4v) is 5.36. The predicted molar refractivity (Wildman–Crippen MR) is 134 cm³/mol. The molecule has 1 aliphatic heterocycles. The Kier molecular flexibility index (Phi) is 6.83. The maximum Gasteiger partial charge on any atom is 0.338 e. The average Bonchev–Trinajstić information content (AvgIpc) is 3.42. The number of thiazole rings is 1. The Labute approximate surface area is 202 Å². The van der Waals surface area contributed by atoms with E-state index in [0.29, 0.717) is 27.1 Å². The largest absolute Gasteiger partial charge is 0.466 e. The zero-order valence-corrected chi connectivity index (χ0v) is 20.9. The smallest absolute Gasteiger partial charge is 0.338 e. The van der Waals surface area contributed by atoms with Gasteiger partial charge in [0.15, 0.2) is 4.80 Å². The molecule has 0 bridgehead atoms. The maximum absolute atomic E-state index is 13.6. The van der Waals surface area contributed by atoms with Crippen LogP contribution >= 0.6 is 11.3 Å². The van der Waals surface area contributed by atoms with Gasteiger partial charge in [0.1, 0.15) is 0 Å². The summed E-state index contributed by atoms with van der Waals surface area (Å²) >= 11 is 1.31. The fraction of sp³-hybridized carbons (Fsp3) is 0.360. The van der Waals surface area contributed by atoms with Gasteiger partial charge in [-0.05, 0) is 57.5 Å². The fourth-order valence-electron chi connectivity index (χ4n) is 4.33. The molecule has 0 saturated heterocycles. The van der Waals surface area contributed by atoms with E-state index >= 15 is 0 Å². The molecular formula is C25H29N5O3S. The van der Waals surface area contributed by atoms with E-state index in [1.807, 2.05) is 48.0 Å². The number of hydrogen-bond donors (Lipinski definition) is 0. The number of fused-ring (bicyclic) bond motifs is 1. The second-order valence-corrected chi connectivity index (χ2v) is 8.92. The van der Waals surface area contributed by atoms with Crippen LogP contribution in [0.4, 0.5) is 5.69 Å². The van der Waals surface area contributed by atoms with Gasteiger partial charge in [-0.1, -0.05) is 23.5 Å². The predicted octanol–water partition coefficient (Wildman–Crippen LogP) is 2.47. The number of allylic oxidation sites excluding steroid dienone is 1. The van der Waals surface area contributed by atoms with Gasteiger partial charge in [-0.2, -0.15) is 5.10 Å². The summed E-state index contributed by atoms with van der Waals surface area (Å²) in [6.07, 6.45) is 3.55. The summed E-state index contributed by atoms with van der Waals surface area (Å²) in [5.41, 5.74) is 3.49. The van der Waals surface area contributed by atoms with Crippen LogP contribution in [0, 0.1) is 0 Å². The van der Waals surface area contributed by atoms with Gasteiger partial charge in [0.05, 0.1) is 34.6 Å². The molecule has 0 N–H and O–H groups in total. The van der Waals surface area contributed by atoms with Crippen molar-refractivity contribution in [3.8, 4) is 0 Å². The van der Waals surface area contributed by atoms with Gasteiger partial charge in [0.2, 0.25) is 0 Å². The number of aryl methyl sites for hydroxylation is 1. The summed E-state index contributed by atoms with van der Waals surface area (Å²) in [5.74, 6) is -0.489. The highest BCUT2D eigenvalue weighted by Gasteiger charge is 2.33. The summed E-state index contributed by atoms with van der Waals surface area (Å²) in [7, 11) is 1.35. The molecule has 1 atom stereocenters. The van der Waals surface area contributed by atoms with Crippen molar-refractivity contribution in [3.63, 3.8) is 0 Å². The number of anilines is 1. The van der Waals surface area contributed by atoms with Crippen molar-refractivity contribution in [1.82, 2.24) is 14.3 Å². The first-order valence-electron chi connectivity index (χ1n) is 11.4. The van der Waals surface area contributed by atoms with Crippen molar-refractivity contribution in [2.75, 3.05) is 25.1 Å². The van der Waals surface area contributed by atoms with E-state index in [-0.39, 0.29) is 5.56 Å². The highest BCUT2D eigenvalue weighted by molar-refractivity contribution is 7.07. The number of methoxy groups -OCH3 is 1. The van der Waals surface area contributed by atoms with Crippen LogP contribution in [0.3, 0.4) is 0 Å². The first-order chi connectivity index (χ1) is 16.4. The van der Waals surface area contributed by atoms with E-state index < -0.39 is 12.0 Å². The molecule has 2 aromatic heterocycles. The SMILES string of the molecule is CCN(CC)c1ccc([C@@H]2C(C(=O)OC)=C(C)N=c3s/c(=C\c4ccnn4CC)c(=O)n32)cc1. The Bertz CT molecular complexity index is 1410. The number of ether oxygens (including phenoxy) is 1. The molecule has 3 aromatic rings. The second kappa shape index (κ2) is 9.80. The Morgan fingerprint density at radius 2 is 1.88 bits per heavy atom. The minimum atomic E-state index is -0.618. The third-order valence-electron chi connectivity index (χ3n) is 6.09. The lowest BCUT2D eigenvalue weighted by Crippen LogP contribution is -2.39. The molecule has 1 aromatic carbocycles. The quantitative estimate of drug-likeness (QED) is 0.487. The van der Waals surface area contributed by atoms with Gasteiger partial charge < -0.3 is 9.64 Å². The third kappa shape index (κ3) is 4.11. The standard InChI is InChI=1S/C25H29N5O3S/c1-6-28(7-2)18-11-9-17(10-12-18)22-21(24(32)33-5)16(4)27-25-30(22)23(31)20(34-25)15-19-13-14-26-29(19)8-3/h9-15,22H,6-8H2,1-5H3/b20-15-/t22-/m1/s1. The summed E-state index contributed by atoms with van der Waals surface area (Å²) in [5, 5.41) is 4.28. The Morgan fingerprint density at radius 1 is 1.18 bits per heavy atom. The third-order valence-corrected chi connectivity index (χ3v) is 7.08. The maximum atomic E-state index is 13.6. The van der Waals surface area contributed by atoms with Crippen molar-refractivity contribution in [2.24, 2.45) is 4.99 Å². The van der Waals surface area contributed by atoms with Crippen LogP contribution in [0.25, 0.3) is 6.08 Å². The molecule has 0 radical (unpaired) electrons. The highest BCUT2D eigenvalue weighted by Crippen LogP contribution is 2.31. The van der Waals surface area contributed by atoms with Gasteiger partial charge in [-0.15, -0.1) is 0 Å². The van der Waals surface area contributed by atoms with Crippen molar-refractivity contribution in [3.05, 3.63) is 78.7 Å². The average molecular weight is 480 g/mol. The minimum absolute atomic E-state index is 0.195. The summed E-state index contributed by atoms with van der Waals surface area (Å²) in [4.78, 5) is 33.8. The number of hydrogen-bond acceptors (Lipinski definition) is 7. The molecule has 0 fully saturated rings. The van der Waals surface area contributed by atoms with Crippen LogP contribution in [-0.2, 0) is 16.1 Å². The molecule has 1 aliphatic rings. The topological polar surface area (TPSA) is 81.7 Å². The van der Waals surface area contributed by atoms with Crippen molar-refractivity contribution >= 4 is 29.1 Å². The molecule has 34 heavy (non-hydrogen) atoms.